The van der Waals surface area contributed by atoms with Gasteiger partial charge in [-0.15, -0.1) is 0 Å². The number of nitrogens with one attached hydrogen (secondary N) is 1. The van der Waals surface area contributed by atoms with Crippen molar-refractivity contribution < 1.29 is 19.4 Å². The standard InChI is InChI=1S/C31H35N3O5/c1-4-5-10-22-26(27-24(38-2)12-8-13-25(27)39-3)29(35)28(30(36)33-22)31(37)34-16-14-19(15-17-34)23-18-20-9-6-7-11-21(20)32-23/h6-9,11-13,19H,4-5,10,14-18H2,1-3H3,(H2,33,35,36). The first-order valence-corrected chi connectivity index (χ1v) is 13.6. The summed E-state index contributed by atoms with van der Waals surface area (Å²) >= 11 is 0. The SMILES string of the molecule is CCCCc1[nH]c(=O)c(C(=O)N2CCC(C3=Nc4ccccc4C3)CC2)c(O)c1-c1c(OC)cccc1OC. The Balaban J connectivity index is 1.46. The second kappa shape index (κ2) is 11.4. The fraction of sp³-hybridized carbons (Fsp3) is 0.387. The summed E-state index contributed by atoms with van der Waals surface area (Å²) in [6.07, 6.45) is 4.60. The van der Waals surface area contributed by atoms with Gasteiger partial charge in [-0.3, -0.25) is 14.6 Å². The van der Waals surface area contributed by atoms with Crippen molar-refractivity contribution in [1.29, 1.82) is 0 Å². The van der Waals surface area contributed by atoms with Gasteiger partial charge in [-0.2, -0.15) is 0 Å². The van der Waals surface area contributed by atoms with Gasteiger partial charge in [0.05, 0.1) is 31.0 Å². The molecular formula is C31H35N3O5. The highest BCUT2D eigenvalue weighted by Gasteiger charge is 2.33. The van der Waals surface area contributed by atoms with Gasteiger partial charge < -0.3 is 24.5 Å². The number of aliphatic imine (C=N–C) groups is 1. The summed E-state index contributed by atoms with van der Waals surface area (Å²) in [5, 5.41) is 11.6. The monoisotopic (exact) mass is 529 g/mol. The Kier molecular flexibility index (Phi) is 7.72. The average molecular weight is 530 g/mol. The number of aromatic hydroxyl groups is 1. The van der Waals surface area contributed by atoms with Crippen molar-refractivity contribution in [2.45, 2.75) is 45.4 Å². The molecule has 0 radical (unpaired) electrons. The number of unbranched alkanes of at least 4 members (excludes halogenated alkanes) is 1. The van der Waals surface area contributed by atoms with Crippen LogP contribution in [-0.4, -0.2) is 53.9 Å². The highest BCUT2D eigenvalue weighted by molar-refractivity contribution is 6.00. The summed E-state index contributed by atoms with van der Waals surface area (Å²) in [7, 11) is 3.08. The lowest BCUT2D eigenvalue weighted by atomic mass is 9.89. The number of fused-ring (bicyclic) bond motifs is 1. The number of amides is 1. The zero-order chi connectivity index (χ0) is 27.5. The number of H-pyrrole nitrogens is 1. The van der Waals surface area contributed by atoms with E-state index in [1.165, 1.54) is 19.8 Å². The first-order chi connectivity index (χ1) is 19.0. The van der Waals surface area contributed by atoms with Crippen LogP contribution in [0, 0.1) is 5.92 Å². The van der Waals surface area contributed by atoms with Gasteiger partial charge in [0.1, 0.15) is 22.8 Å². The Morgan fingerprint density at radius 1 is 1.05 bits per heavy atom. The van der Waals surface area contributed by atoms with Gasteiger partial charge in [0, 0.05) is 36.8 Å². The molecule has 0 aliphatic carbocycles. The molecule has 3 heterocycles. The van der Waals surface area contributed by atoms with E-state index in [0.29, 0.717) is 47.8 Å². The van der Waals surface area contributed by atoms with Crippen LogP contribution in [0.3, 0.4) is 0 Å². The number of ether oxygens (including phenoxy) is 2. The first kappa shape index (κ1) is 26.5. The molecule has 2 N–H and O–H groups in total. The Labute approximate surface area is 228 Å². The van der Waals surface area contributed by atoms with E-state index in [-0.39, 0.29) is 17.2 Å². The minimum atomic E-state index is -0.584. The third kappa shape index (κ3) is 5.03. The Hall–Kier alpha value is -4.07. The molecule has 0 atom stereocenters. The van der Waals surface area contributed by atoms with Crippen LogP contribution in [-0.2, 0) is 12.8 Å². The summed E-state index contributed by atoms with van der Waals surface area (Å²) in [5.74, 6) is 0.438. The van der Waals surface area contributed by atoms with Crippen LogP contribution in [0.15, 0.2) is 52.3 Å². The van der Waals surface area contributed by atoms with Gasteiger partial charge in [-0.1, -0.05) is 37.6 Å². The molecule has 5 rings (SSSR count). The molecule has 0 unspecified atom stereocenters. The third-order valence-electron chi connectivity index (χ3n) is 7.82. The molecule has 3 aromatic rings. The van der Waals surface area contributed by atoms with Crippen molar-refractivity contribution in [1.82, 2.24) is 9.88 Å². The predicted molar refractivity (Wildman–Crippen MR) is 152 cm³/mol. The van der Waals surface area contributed by atoms with E-state index in [0.717, 1.165) is 43.5 Å². The molecule has 2 aromatic carbocycles. The molecular weight excluding hydrogens is 494 g/mol. The molecule has 39 heavy (non-hydrogen) atoms. The molecule has 204 valence electrons. The summed E-state index contributed by atoms with van der Waals surface area (Å²) in [6.45, 7) is 3.03. The number of hydrogen-bond acceptors (Lipinski definition) is 6. The van der Waals surface area contributed by atoms with Crippen molar-refractivity contribution in [3.8, 4) is 28.4 Å². The van der Waals surface area contributed by atoms with Gasteiger partial charge in [0.2, 0.25) is 0 Å². The second-order valence-corrected chi connectivity index (χ2v) is 10.1. The summed E-state index contributed by atoms with van der Waals surface area (Å²) in [6, 6.07) is 13.5. The minimum absolute atomic E-state index is 0.248. The van der Waals surface area contributed by atoms with Crippen molar-refractivity contribution in [2.24, 2.45) is 10.9 Å². The fourth-order valence-electron chi connectivity index (χ4n) is 5.71. The highest BCUT2D eigenvalue weighted by atomic mass is 16.5. The number of aromatic amines is 1. The van der Waals surface area contributed by atoms with Crippen LogP contribution in [0.4, 0.5) is 5.69 Å². The maximum absolute atomic E-state index is 13.7. The summed E-state index contributed by atoms with van der Waals surface area (Å²) < 4.78 is 11.2. The van der Waals surface area contributed by atoms with Crippen molar-refractivity contribution >= 4 is 17.3 Å². The number of rotatable bonds is 8. The van der Waals surface area contributed by atoms with E-state index in [2.05, 4.69) is 18.0 Å². The largest absolute Gasteiger partial charge is 0.506 e. The number of benzene rings is 2. The Bertz CT molecular complexity index is 1450. The lowest BCUT2D eigenvalue weighted by molar-refractivity contribution is 0.0705. The number of piperidine rings is 1. The number of aromatic nitrogens is 1. The number of likely N-dealkylation sites (tertiary alicyclic amines) is 1. The van der Waals surface area contributed by atoms with E-state index in [4.69, 9.17) is 14.5 Å². The van der Waals surface area contributed by atoms with Crippen molar-refractivity contribution in [3.05, 3.63) is 69.6 Å². The van der Waals surface area contributed by atoms with Gasteiger partial charge in [-0.25, -0.2) is 0 Å². The van der Waals surface area contributed by atoms with E-state index < -0.39 is 11.5 Å². The van der Waals surface area contributed by atoms with Crippen LogP contribution in [0.5, 0.6) is 17.2 Å². The number of para-hydroxylation sites is 1. The number of carbonyl (C=O) groups excluding carboxylic acids is 1. The number of carbonyl (C=O) groups is 1. The smallest absolute Gasteiger partial charge is 0.264 e. The topological polar surface area (TPSA) is 104 Å². The normalized spacial score (nSPS) is 15.2. The number of hydrogen-bond donors (Lipinski definition) is 2. The average Bonchev–Trinajstić information content (AvgIpc) is 3.40. The Morgan fingerprint density at radius 2 is 1.74 bits per heavy atom. The summed E-state index contributed by atoms with van der Waals surface area (Å²) in [5.41, 5.74) is 4.03. The van der Waals surface area contributed by atoms with Crippen LogP contribution in [0.25, 0.3) is 11.1 Å². The summed E-state index contributed by atoms with van der Waals surface area (Å²) in [4.78, 5) is 36.4. The predicted octanol–water partition coefficient (Wildman–Crippen LogP) is 5.29. The van der Waals surface area contributed by atoms with Crippen molar-refractivity contribution in [3.63, 3.8) is 0 Å². The molecule has 0 bridgehead atoms. The molecule has 0 spiro atoms. The highest BCUT2D eigenvalue weighted by Crippen LogP contribution is 2.45. The maximum atomic E-state index is 13.7. The molecule has 2 aliphatic rings. The number of aryl methyl sites for hydroxylation is 1. The zero-order valence-corrected chi connectivity index (χ0v) is 22.8. The molecule has 0 saturated carbocycles. The number of pyridine rings is 1. The molecule has 1 fully saturated rings. The molecule has 8 heteroatoms. The van der Waals surface area contributed by atoms with E-state index in [1.54, 1.807) is 23.1 Å². The fourth-order valence-corrected chi connectivity index (χ4v) is 5.71. The molecule has 2 aliphatic heterocycles. The van der Waals surface area contributed by atoms with Crippen molar-refractivity contribution in [2.75, 3.05) is 27.3 Å². The zero-order valence-electron chi connectivity index (χ0n) is 22.8. The Morgan fingerprint density at radius 3 is 2.38 bits per heavy atom. The maximum Gasteiger partial charge on any atom is 0.264 e. The van der Waals surface area contributed by atoms with Gasteiger partial charge in [0.15, 0.2) is 0 Å². The van der Waals surface area contributed by atoms with Gasteiger partial charge in [-0.05, 0) is 49.4 Å². The van der Waals surface area contributed by atoms with E-state index >= 15 is 0 Å². The van der Waals surface area contributed by atoms with E-state index in [1.807, 2.05) is 18.2 Å². The van der Waals surface area contributed by atoms with Crippen LogP contribution in [0.1, 0.15) is 54.2 Å². The van der Waals surface area contributed by atoms with Crippen LogP contribution >= 0.6 is 0 Å². The first-order valence-electron chi connectivity index (χ1n) is 13.6. The van der Waals surface area contributed by atoms with Crippen LogP contribution < -0.4 is 15.0 Å². The number of methoxy groups -OCH3 is 2. The van der Waals surface area contributed by atoms with E-state index in [9.17, 15) is 14.7 Å². The molecule has 1 saturated heterocycles. The minimum Gasteiger partial charge on any atom is -0.506 e. The molecule has 1 aromatic heterocycles. The van der Waals surface area contributed by atoms with Gasteiger partial charge in [0.25, 0.3) is 11.5 Å². The lowest BCUT2D eigenvalue weighted by Crippen LogP contribution is -2.42. The van der Waals surface area contributed by atoms with Crippen LogP contribution in [0.2, 0.25) is 0 Å². The third-order valence-corrected chi connectivity index (χ3v) is 7.82. The quantitative estimate of drug-likeness (QED) is 0.413. The second-order valence-electron chi connectivity index (χ2n) is 10.1. The molecule has 8 nitrogen and oxygen atoms in total. The van der Waals surface area contributed by atoms with Gasteiger partial charge >= 0.3 is 0 Å². The lowest BCUT2D eigenvalue weighted by Gasteiger charge is -2.32. The molecule has 1 amide bonds. The number of nitrogens with zero attached hydrogens (tertiary/aromatic N) is 2.